The van der Waals surface area contributed by atoms with Crippen molar-refractivity contribution in [2.75, 3.05) is 66.2 Å². The average molecular weight is 666 g/mol. The average Bonchev–Trinajstić information content (AvgIpc) is 3.78. The summed E-state index contributed by atoms with van der Waals surface area (Å²) >= 11 is 0. The number of aromatic nitrogens is 3. The largest absolute Gasteiger partial charge is 0.371 e. The van der Waals surface area contributed by atoms with E-state index < -0.39 is 0 Å². The summed E-state index contributed by atoms with van der Waals surface area (Å²) in [4.78, 5) is 49.9. The van der Waals surface area contributed by atoms with Crippen molar-refractivity contribution < 1.29 is 14.3 Å². The highest BCUT2D eigenvalue weighted by Gasteiger charge is 2.36. The van der Waals surface area contributed by atoms with E-state index in [0.717, 1.165) is 82.4 Å². The summed E-state index contributed by atoms with van der Waals surface area (Å²) in [5.41, 5.74) is 2.76. The first kappa shape index (κ1) is 31.9. The van der Waals surface area contributed by atoms with Gasteiger partial charge in [-0.05, 0) is 107 Å². The summed E-state index contributed by atoms with van der Waals surface area (Å²) in [6, 6.07) is 15.1. The van der Waals surface area contributed by atoms with Gasteiger partial charge in [-0.1, -0.05) is 0 Å². The molecule has 1 saturated carbocycles. The molecule has 4 unspecified atom stereocenters. The molecule has 5 heterocycles. The van der Waals surface area contributed by atoms with Crippen LogP contribution in [0.25, 0.3) is 11.4 Å². The zero-order valence-electron chi connectivity index (χ0n) is 28.6. The van der Waals surface area contributed by atoms with Crippen molar-refractivity contribution in [1.29, 1.82) is 0 Å². The SMILES string of the molecule is CC1CCC(C)N1c1nc(-c2ccc(NC(=O)Nc3ccc(C(=O)N4CCN(CC5CC5)CC4)cc3)cc2)nc(N2CC3CCC(C2)O3)n1. The fraction of sp³-hybridized carbons (Fsp3) is 0.541. The molecule has 0 spiro atoms. The Balaban J connectivity index is 0.905. The summed E-state index contributed by atoms with van der Waals surface area (Å²) in [6.45, 7) is 10.6. The molecule has 258 valence electrons. The van der Waals surface area contributed by atoms with Crippen LogP contribution in [0.1, 0.15) is 62.7 Å². The number of hydrogen-bond donors (Lipinski definition) is 2. The van der Waals surface area contributed by atoms with Gasteiger partial charge in [0.25, 0.3) is 5.91 Å². The molecule has 3 amide bonds. The third-order valence-electron chi connectivity index (χ3n) is 10.8. The Kier molecular flexibility index (Phi) is 8.83. The van der Waals surface area contributed by atoms with Crippen LogP contribution in [0, 0.1) is 5.92 Å². The van der Waals surface area contributed by atoms with Crippen LogP contribution in [0.2, 0.25) is 0 Å². The first-order valence-electron chi connectivity index (χ1n) is 18.1. The molecule has 12 heteroatoms. The number of hydrogen-bond acceptors (Lipinski definition) is 9. The van der Waals surface area contributed by atoms with Crippen molar-refractivity contribution in [3.63, 3.8) is 0 Å². The van der Waals surface area contributed by atoms with E-state index in [-0.39, 0.29) is 24.1 Å². The highest BCUT2D eigenvalue weighted by atomic mass is 16.5. The number of fused-ring (bicyclic) bond motifs is 2. The Morgan fingerprint density at radius 2 is 1.33 bits per heavy atom. The summed E-state index contributed by atoms with van der Waals surface area (Å²) in [5.74, 6) is 2.95. The molecule has 4 saturated heterocycles. The van der Waals surface area contributed by atoms with E-state index in [9.17, 15) is 9.59 Å². The Morgan fingerprint density at radius 1 is 0.735 bits per heavy atom. The van der Waals surface area contributed by atoms with Gasteiger partial charge in [0.05, 0.1) is 12.2 Å². The number of morpholine rings is 1. The lowest BCUT2D eigenvalue weighted by Gasteiger charge is -2.34. The maximum Gasteiger partial charge on any atom is 0.323 e. The molecule has 0 radical (unpaired) electrons. The standard InChI is InChI=1S/C37H47N9O3/c1-24-3-4-25(2)46(24)36-41-33(40-35(42-36)45-22-31-15-16-32(23-45)49-31)27-7-11-29(12-8-27)38-37(48)39-30-13-9-28(10-14-30)34(47)44-19-17-43(18-20-44)21-26-5-6-26/h7-14,24-26,31-32H,3-6,15-23H2,1-2H3,(H2,38,39,48). The number of urea groups is 1. The van der Waals surface area contributed by atoms with E-state index in [0.29, 0.717) is 40.8 Å². The molecule has 5 aliphatic rings. The van der Waals surface area contributed by atoms with Crippen molar-refractivity contribution in [2.45, 2.75) is 76.7 Å². The molecule has 5 fully saturated rings. The molecule has 3 aromatic rings. The van der Waals surface area contributed by atoms with Crippen molar-refractivity contribution in [3.8, 4) is 11.4 Å². The highest BCUT2D eigenvalue weighted by Crippen LogP contribution is 2.33. The van der Waals surface area contributed by atoms with Crippen LogP contribution >= 0.6 is 0 Å². The fourth-order valence-electron chi connectivity index (χ4n) is 7.78. The minimum Gasteiger partial charge on any atom is -0.371 e. The minimum atomic E-state index is -0.359. The maximum atomic E-state index is 13.1. The zero-order chi connectivity index (χ0) is 33.5. The lowest BCUT2D eigenvalue weighted by molar-refractivity contribution is 0.0299. The number of carbonyl (C=O) groups excluding carboxylic acids is 2. The van der Waals surface area contributed by atoms with Crippen LogP contribution in [0.5, 0.6) is 0 Å². The van der Waals surface area contributed by atoms with E-state index in [1.165, 1.54) is 19.4 Å². The van der Waals surface area contributed by atoms with Gasteiger partial charge in [0.1, 0.15) is 0 Å². The van der Waals surface area contributed by atoms with Crippen molar-refractivity contribution >= 4 is 35.2 Å². The maximum absolute atomic E-state index is 13.1. The van der Waals surface area contributed by atoms with E-state index in [1.54, 1.807) is 24.3 Å². The molecule has 1 aliphatic carbocycles. The third kappa shape index (κ3) is 7.21. The molecule has 4 aliphatic heterocycles. The normalized spacial score (nSPS) is 25.5. The molecular formula is C37H47N9O3. The molecule has 2 N–H and O–H groups in total. The van der Waals surface area contributed by atoms with Crippen LogP contribution in [-0.4, -0.2) is 107 Å². The van der Waals surface area contributed by atoms with Crippen LogP contribution < -0.4 is 20.4 Å². The van der Waals surface area contributed by atoms with E-state index in [2.05, 4.69) is 39.2 Å². The number of carbonyl (C=O) groups is 2. The molecular weight excluding hydrogens is 618 g/mol. The van der Waals surface area contributed by atoms with Crippen LogP contribution in [0.4, 0.5) is 28.1 Å². The van der Waals surface area contributed by atoms with Crippen LogP contribution in [0.3, 0.4) is 0 Å². The Morgan fingerprint density at radius 3 is 1.94 bits per heavy atom. The Hall–Kier alpha value is -4.29. The summed E-state index contributed by atoms with van der Waals surface area (Å²) in [5, 5.41) is 5.79. The van der Waals surface area contributed by atoms with E-state index >= 15 is 0 Å². The van der Waals surface area contributed by atoms with E-state index in [4.69, 9.17) is 19.7 Å². The van der Waals surface area contributed by atoms with Gasteiger partial charge in [-0.25, -0.2) is 4.79 Å². The second-order valence-corrected chi connectivity index (χ2v) is 14.6. The Labute approximate surface area is 288 Å². The number of nitrogens with zero attached hydrogens (tertiary/aromatic N) is 7. The molecule has 12 nitrogen and oxygen atoms in total. The minimum absolute atomic E-state index is 0.0427. The van der Waals surface area contributed by atoms with Gasteiger partial charge in [-0.2, -0.15) is 15.0 Å². The molecule has 49 heavy (non-hydrogen) atoms. The Bertz CT molecular complexity index is 1630. The van der Waals surface area contributed by atoms with Gasteiger partial charge >= 0.3 is 6.03 Å². The lowest BCUT2D eigenvalue weighted by Crippen LogP contribution is -2.49. The van der Waals surface area contributed by atoms with Crippen molar-refractivity contribution in [2.24, 2.45) is 5.92 Å². The number of piperazine rings is 1. The molecule has 1 aromatic heterocycles. The molecule has 2 aromatic carbocycles. The van der Waals surface area contributed by atoms with Crippen molar-refractivity contribution in [1.82, 2.24) is 24.8 Å². The monoisotopic (exact) mass is 665 g/mol. The topological polar surface area (TPSA) is 119 Å². The molecule has 4 atom stereocenters. The molecule has 8 rings (SSSR count). The number of ether oxygens (including phenoxy) is 1. The van der Waals surface area contributed by atoms with Gasteiger partial charge < -0.3 is 30.1 Å². The first-order valence-corrected chi connectivity index (χ1v) is 18.1. The smallest absolute Gasteiger partial charge is 0.323 e. The van der Waals surface area contributed by atoms with Gasteiger partial charge in [0.2, 0.25) is 11.9 Å². The number of rotatable bonds is 8. The number of anilines is 4. The van der Waals surface area contributed by atoms with Crippen LogP contribution in [0.15, 0.2) is 48.5 Å². The van der Waals surface area contributed by atoms with Gasteiger partial charge in [0.15, 0.2) is 5.82 Å². The van der Waals surface area contributed by atoms with E-state index in [1.807, 2.05) is 29.2 Å². The fourth-order valence-corrected chi connectivity index (χ4v) is 7.78. The molecule has 2 bridgehead atoms. The van der Waals surface area contributed by atoms with Crippen LogP contribution in [-0.2, 0) is 4.74 Å². The zero-order valence-corrected chi connectivity index (χ0v) is 28.6. The highest BCUT2D eigenvalue weighted by molar-refractivity contribution is 6.00. The predicted octanol–water partition coefficient (Wildman–Crippen LogP) is 5.10. The summed E-state index contributed by atoms with van der Waals surface area (Å²) in [7, 11) is 0. The number of amides is 3. The third-order valence-corrected chi connectivity index (χ3v) is 10.8. The summed E-state index contributed by atoms with van der Waals surface area (Å²) in [6.07, 6.45) is 7.54. The second-order valence-electron chi connectivity index (χ2n) is 14.6. The predicted molar refractivity (Wildman–Crippen MR) is 190 cm³/mol. The first-order chi connectivity index (χ1) is 23.8. The van der Waals surface area contributed by atoms with Gasteiger partial charge in [-0.3, -0.25) is 9.69 Å². The number of nitrogens with one attached hydrogen (secondary N) is 2. The van der Waals surface area contributed by atoms with Gasteiger partial charge in [-0.15, -0.1) is 0 Å². The van der Waals surface area contributed by atoms with Crippen molar-refractivity contribution in [3.05, 3.63) is 54.1 Å². The lowest BCUT2D eigenvalue weighted by atomic mass is 10.1. The second kappa shape index (κ2) is 13.5. The quantitative estimate of drug-likeness (QED) is 0.339. The summed E-state index contributed by atoms with van der Waals surface area (Å²) < 4.78 is 6.08. The number of benzene rings is 2. The van der Waals surface area contributed by atoms with Gasteiger partial charge in [0, 0.05) is 80.4 Å².